The van der Waals surface area contributed by atoms with Crippen LogP contribution in [0.3, 0.4) is 0 Å². The predicted octanol–water partition coefficient (Wildman–Crippen LogP) is 3.30. The highest BCUT2D eigenvalue weighted by Crippen LogP contribution is 2.40. The number of nitrogens with zero attached hydrogens (tertiary/aromatic N) is 2. The van der Waals surface area contributed by atoms with Gasteiger partial charge in [0.2, 0.25) is 0 Å². The normalized spacial score (nSPS) is 21.1. The number of phenols is 1. The largest absolute Gasteiger partial charge is 0.507 e. The lowest BCUT2D eigenvalue weighted by Crippen LogP contribution is -2.16. The Kier molecular flexibility index (Phi) is 4.30. The van der Waals surface area contributed by atoms with E-state index in [2.05, 4.69) is 26.6 Å². The predicted molar refractivity (Wildman–Crippen MR) is 104 cm³/mol. The zero-order chi connectivity index (χ0) is 18.2. The summed E-state index contributed by atoms with van der Waals surface area (Å²) in [6, 6.07) is 9.39. The van der Waals surface area contributed by atoms with Crippen LogP contribution in [0, 0.1) is 0 Å². The number of hydrogen-bond acceptors (Lipinski definition) is 5. The van der Waals surface area contributed by atoms with E-state index in [1.165, 1.54) is 11.3 Å². The molecule has 2 aliphatic rings. The SMILES string of the molecule is Oc1ccccc1-c1cc2c(C3CCOCC3)c([C@@H]3CCNC3)[nH]c2nn1. The van der Waals surface area contributed by atoms with Gasteiger partial charge in [0, 0.05) is 42.3 Å². The van der Waals surface area contributed by atoms with E-state index in [0.29, 0.717) is 17.5 Å². The van der Waals surface area contributed by atoms with Gasteiger partial charge in [-0.15, -0.1) is 10.2 Å². The Morgan fingerprint density at radius 2 is 1.89 bits per heavy atom. The van der Waals surface area contributed by atoms with Gasteiger partial charge in [-0.25, -0.2) is 0 Å². The van der Waals surface area contributed by atoms with Crippen LogP contribution in [0.5, 0.6) is 5.75 Å². The van der Waals surface area contributed by atoms with Crippen LogP contribution in [0.4, 0.5) is 0 Å². The Morgan fingerprint density at radius 1 is 1.04 bits per heavy atom. The molecule has 5 rings (SSSR count). The Morgan fingerprint density at radius 3 is 2.67 bits per heavy atom. The number of ether oxygens (including phenoxy) is 1. The molecule has 6 heteroatoms. The van der Waals surface area contributed by atoms with Gasteiger partial charge < -0.3 is 20.1 Å². The molecule has 1 aromatic carbocycles. The van der Waals surface area contributed by atoms with E-state index in [1.807, 2.05) is 18.2 Å². The van der Waals surface area contributed by atoms with Crippen LogP contribution < -0.4 is 5.32 Å². The molecule has 0 saturated carbocycles. The second-order valence-electron chi connectivity index (χ2n) is 7.54. The summed E-state index contributed by atoms with van der Waals surface area (Å²) in [4.78, 5) is 3.58. The average molecular weight is 364 g/mol. The van der Waals surface area contributed by atoms with Gasteiger partial charge in [0.1, 0.15) is 5.75 Å². The minimum atomic E-state index is 0.231. The molecule has 3 aromatic rings. The van der Waals surface area contributed by atoms with Crippen LogP contribution in [0.25, 0.3) is 22.3 Å². The van der Waals surface area contributed by atoms with Crippen LogP contribution >= 0.6 is 0 Å². The number of aromatic hydroxyl groups is 1. The first-order valence-electron chi connectivity index (χ1n) is 9.77. The van der Waals surface area contributed by atoms with Crippen molar-refractivity contribution in [3.05, 3.63) is 41.6 Å². The van der Waals surface area contributed by atoms with Gasteiger partial charge in [-0.1, -0.05) is 12.1 Å². The summed E-state index contributed by atoms with van der Waals surface area (Å²) in [5.74, 6) is 1.20. The Bertz CT molecular complexity index is 956. The van der Waals surface area contributed by atoms with E-state index in [0.717, 1.165) is 62.2 Å². The van der Waals surface area contributed by atoms with Gasteiger partial charge in [-0.05, 0) is 55.5 Å². The molecule has 2 aliphatic heterocycles. The summed E-state index contributed by atoms with van der Waals surface area (Å²) in [6.07, 6.45) is 3.21. The number of aromatic nitrogens is 3. The van der Waals surface area contributed by atoms with Gasteiger partial charge in [0.05, 0.1) is 5.69 Å². The molecule has 0 radical (unpaired) electrons. The fourth-order valence-electron chi connectivity index (χ4n) is 4.50. The summed E-state index contributed by atoms with van der Waals surface area (Å²) in [5, 5.41) is 23.7. The van der Waals surface area contributed by atoms with Crippen molar-refractivity contribution < 1.29 is 9.84 Å². The molecule has 4 heterocycles. The van der Waals surface area contributed by atoms with Crippen LogP contribution in [0.2, 0.25) is 0 Å². The standard InChI is InChI=1S/C21H24N4O2/c26-18-4-2-1-3-15(18)17-11-16-19(13-6-9-27-10-7-13)20(14-5-8-22-12-14)23-21(16)25-24-17/h1-4,11,13-14,22,26H,5-10,12H2,(H,23,25)/t14-/m1/s1. The van der Waals surface area contributed by atoms with Gasteiger partial charge in [-0.2, -0.15) is 0 Å². The fourth-order valence-corrected chi connectivity index (χ4v) is 4.50. The van der Waals surface area contributed by atoms with Crippen molar-refractivity contribution >= 4 is 11.0 Å². The summed E-state index contributed by atoms with van der Waals surface area (Å²) in [7, 11) is 0. The smallest absolute Gasteiger partial charge is 0.160 e. The molecule has 27 heavy (non-hydrogen) atoms. The summed E-state index contributed by atoms with van der Waals surface area (Å²) in [5.41, 5.74) is 4.97. The topological polar surface area (TPSA) is 83.1 Å². The van der Waals surface area contributed by atoms with Crippen LogP contribution in [-0.2, 0) is 4.74 Å². The number of rotatable bonds is 3. The number of phenolic OH excluding ortho intramolecular Hbond substituents is 1. The highest BCUT2D eigenvalue weighted by Gasteiger charge is 2.29. The molecule has 0 bridgehead atoms. The van der Waals surface area contributed by atoms with Crippen LogP contribution in [-0.4, -0.2) is 46.6 Å². The van der Waals surface area contributed by atoms with Crippen molar-refractivity contribution in [1.82, 2.24) is 20.5 Å². The third-order valence-electron chi connectivity index (χ3n) is 5.91. The first-order valence-corrected chi connectivity index (χ1v) is 9.77. The maximum Gasteiger partial charge on any atom is 0.160 e. The average Bonchev–Trinajstić information content (AvgIpc) is 3.36. The molecule has 3 N–H and O–H groups in total. The van der Waals surface area contributed by atoms with E-state index in [9.17, 15) is 5.11 Å². The molecule has 6 nitrogen and oxygen atoms in total. The quantitative estimate of drug-likeness (QED) is 0.664. The molecule has 2 fully saturated rings. The first-order chi connectivity index (χ1) is 13.3. The second kappa shape index (κ2) is 6.94. The minimum absolute atomic E-state index is 0.231. The lowest BCUT2D eigenvalue weighted by molar-refractivity contribution is 0.0854. The molecule has 140 valence electrons. The Hall–Kier alpha value is -2.44. The van der Waals surface area contributed by atoms with E-state index in [-0.39, 0.29) is 5.75 Å². The molecule has 0 aliphatic carbocycles. The molecule has 0 unspecified atom stereocenters. The van der Waals surface area contributed by atoms with Gasteiger partial charge >= 0.3 is 0 Å². The Labute approximate surface area is 158 Å². The summed E-state index contributed by atoms with van der Waals surface area (Å²) >= 11 is 0. The van der Waals surface area contributed by atoms with Gasteiger partial charge in [0.15, 0.2) is 5.65 Å². The minimum Gasteiger partial charge on any atom is -0.507 e. The zero-order valence-corrected chi connectivity index (χ0v) is 15.2. The number of hydrogen-bond donors (Lipinski definition) is 3. The van der Waals surface area contributed by atoms with Crippen LogP contribution in [0.1, 0.15) is 42.4 Å². The van der Waals surface area contributed by atoms with Crippen molar-refractivity contribution in [2.24, 2.45) is 0 Å². The van der Waals surface area contributed by atoms with E-state index in [4.69, 9.17) is 4.74 Å². The molecular weight excluding hydrogens is 340 g/mol. The third-order valence-corrected chi connectivity index (χ3v) is 5.91. The highest BCUT2D eigenvalue weighted by molar-refractivity contribution is 5.86. The monoisotopic (exact) mass is 364 g/mol. The zero-order valence-electron chi connectivity index (χ0n) is 15.2. The second-order valence-corrected chi connectivity index (χ2v) is 7.54. The number of H-pyrrole nitrogens is 1. The molecule has 0 spiro atoms. The molecule has 1 atom stereocenters. The lowest BCUT2D eigenvalue weighted by atomic mass is 9.86. The molecule has 0 amide bonds. The number of aromatic amines is 1. The van der Waals surface area contributed by atoms with Crippen LogP contribution in [0.15, 0.2) is 30.3 Å². The Balaban J connectivity index is 1.67. The van der Waals surface area contributed by atoms with Crippen molar-refractivity contribution in [3.8, 4) is 17.0 Å². The van der Waals surface area contributed by atoms with Gasteiger partial charge in [0.25, 0.3) is 0 Å². The number of para-hydroxylation sites is 1. The summed E-state index contributed by atoms with van der Waals surface area (Å²) in [6.45, 7) is 3.68. The highest BCUT2D eigenvalue weighted by atomic mass is 16.5. The third kappa shape index (κ3) is 2.99. The van der Waals surface area contributed by atoms with E-state index in [1.54, 1.807) is 6.07 Å². The van der Waals surface area contributed by atoms with E-state index >= 15 is 0 Å². The molecular formula is C21H24N4O2. The molecule has 2 saturated heterocycles. The molecule has 2 aromatic heterocycles. The van der Waals surface area contributed by atoms with Crippen molar-refractivity contribution in [1.29, 1.82) is 0 Å². The first kappa shape index (κ1) is 16.7. The lowest BCUT2D eigenvalue weighted by Gasteiger charge is -2.24. The maximum atomic E-state index is 10.2. The fraction of sp³-hybridized carbons (Fsp3) is 0.429. The number of benzene rings is 1. The van der Waals surface area contributed by atoms with Crippen molar-refractivity contribution in [2.75, 3.05) is 26.3 Å². The number of fused-ring (bicyclic) bond motifs is 1. The summed E-state index contributed by atoms with van der Waals surface area (Å²) < 4.78 is 5.60. The maximum absolute atomic E-state index is 10.2. The van der Waals surface area contributed by atoms with Crippen molar-refractivity contribution in [3.63, 3.8) is 0 Å². The van der Waals surface area contributed by atoms with Gasteiger partial charge in [-0.3, -0.25) is 0 Å². The number of nitrogens with one attached hydrogen (secondary N) is 2. The van der Waals surface area contributed by atoms with E-state index < -0.39 is 0 Å². The van der Waals surface area contributed by atoms with Crippen molar-refractivity contribution in [2.45, 2.75) is 31.1 Å².